The minimum absolute atomic E-state index is 0.0192. The van der Waals surface area contributed by atoms with Gasteiger partial charge in [-0.2, -0.15) is 0 Å². The van der Waals surface area contributed by atoms with Gasteiger partial charge in [-0.05, 0) is 36.9 Å². The van der Waals surface area contributed by atoms with Crippen LogP contribution in [0.15, 0.2) is 48.8 Å². The van der Waals surface area contributed by atoms with Gasteiger partial charge in [0.2, 0.25) is 5.91 Å². The Labute approximate surface area is 148 Å². The van der Waals surface area contributed by atoms with Gasteiger partial charge in [0.1, 0.15) is 6.10 Å². The highest BCUT2D eigenvalue weighted by atomic mass is 16.5. The van der Waals surface area contributed by atoms with E-state index in [-0.39, 0.29) is 12.0 Å². The van der Waals surface area contributed by atoms with Crippen molar-refractivity contribution in [1.82, 2.24) is 14.8 Å². The molecule has 25 heavy (non-hydrogen) atoms. The first-order valence-electron chi connectivity index (χ1n) is 8.30. The third-order valence-electron chi connectivity index (χ3n) is 4.17. The molecule has 0 spiro atoms. The summed E-state index contributed by atoms with van der Waals surface area (Å²) in [5, 5.41) is 0. The SMILES string of the molecule is COc1ccccc1OC1CN(C(=O)CN(C)Cc2ccncc2)C1. The van der Waals surface area contributed by atoms with Crippen LogP contribution >= 0.6 is 0 Å². The Kier molecular flexibility index (Phi) is 5.50. The summed E-state index contributed by atoms with van der Waals surface area (Å²) in [5.74, 6) is 1.55. The molecular formula is C19H23N3O3. The van der Waals surface area contributed by atoms with Gasteiger partial charge in [-0.3, -0.25) is 14.7 Å². The van der Waals surface area contributed by atoms with E-state index in [9.17, 15) is 4.79 Å². The van der Waals surface area contributed by atoms with E-state index >= 15 is 0 Å². The molecule has 132 valence electrons. The second kappa shape index (κ2) is 7.98. The highest BCUT2D eigenvalue weighted by Gasteiger charge is 2.32. The Hall–Kier alpha value is -2.60. The van der Waals surface area contributed by atoms with Gasteiger partial charge in [0.15, 0.2) is 11.5 Å². The average Bonchev–Trinajstić information content (AvgIpc) is 2.58. The van der Waals surface area contributed by atoms with Crippen molar-refractivity contribution in [3.63, 3.8) is 0 Å². The monoisotopic (exact) mass is 341 g/mol. The molecule has 0 aliphatic carbocycles. The summed E-state index contributed by atoms with van der Waals surface area (Å²) >= 11 is 0. The highest BCUT2D eigenvalue weighted by Crippen LogP contribution is 2.28. The zero-order valence-electron chi connectivity index (χ0n) is 14.6. The van der Waals surface area contributed by atoms with Crippen molar-refractivity contribution in [3.8, 4) is 11.5 Å². The summed E-state index contributed by atoms with van der Waals surface area (Å²) in [7, 11) is 3.57. The zero-order valence-corrected chi connectivity index (χ0v) is 14.6. The highest BCUT2D eigenvalue weighted by molar-refractivity contribution is 5.79. The van der Waals surface area contributed by atoms with E-state index in [2.05, 4.69) is 4.98 Å². The lowest BCUT2D eigenvalue weighted by Crippen LogP contribution is -2.57. The van der Waals surface area contributed by atoms with Crippen LogP contribution in [0.3, 0.4) is 0 Å². The van der Waals surface area contributed by atoms with Crippen LogP contribution in [0.1, 0.15) is 5.56 Å². The van der Waals surface area contributed by atoms with Gasteiger partial charge < -0.3 is 14.4 Å². The summed E-state index contributed by atoms with van der Waals surface area (Å²) in [6, 6.07) is 11.5. The van der Waals surface area contributed by atoms with Crippen LogP contribution in [0.5, 0.6) is 11.5 Å². The lowest BCUT2D eigenvalue weighted by molar-refractivity contribution is -0.141. The number of amides is 1. The van der Waals surface area contributed by atoms with Gasteiger partial charge in [0.05, 0.1) is 26.7 Å². The van der Waals surface area contributed by atoms with Gasteiger partial charge >= 0.3 is 0 Å². The van der Waals surface area contributed by atoms with Gasteiger partial charge in [0.25, 0.3) is 0 Å². The van der Waals surface area contributed by atoms with Crippen LogP contribution in [0, 0.1) is 0 Å². The van der Waals surface area contributed by atoms with Crippen molar-refractivity contribution in [3.05, 3.63) is 54.4 Å². The summed E-state index contributed by atoms with van der Waals surface area (Å²) in [6.07, 6.45) is 3.55. The van der Waals surface area contributed by atoms with Crippen LogP contribution < -0.4 is 9.47 Å². The van der Waals surface area contributed by atoms with E-state index in [4.69, 9.17) is 9.47 Å². The van der Waals surface area contributed by atoms with Crippen LogP contribution in [-0.2, 0) is 11.3 Å². The predicted octanol–water partition coefficient (Wildman–Crippen LogP) is 1.81. The van der Waals surface area contributed by atoms with Gasteiger partial charge in [0, 0.05) is 18.9 Å². The second-order valence-corrected chi connectivity index (χ2v) is 6.22. The number of para-hydroxylation sites is 2. The number of hydrogen-bond donors (Lipinski definition) is 0. The zero-order chi connectivity index (χ0) is 17.6. The molecule has 0 atom stereocenters. The molecule has 1 aliphatic rings. The van der Waals surface area contributed by atoms with Crippen molar-refractivity contribution in [2.45, 2.75) is 12.6 Å². The second-order valence-electron chi connectivity index (χ2n) is 6.22. The normalized spacial score (nSPS) is 14.3. The Morgan fingerprint density at radius 2 is 1.88 bits per heavy atom. The third-order valence-corrected chi connectivity index (χ3v) is 4.17. The van der Waals surface area contributed by atoms with E-state index in [0.717, 1.165) is 17.9 Å². The lowest BCUT2D eigenvalue weighted by Gasteiger charge is -2.39. The number of ether oxygens (including phenoxy) is 2. The fraction of sp³-hybridized carbons (Fsp3) is 0.368. The maximum absolute atomic E-state index is 12.3. The first-order chi connectivity index (χ1) is 12.2. The molecule has 0 unspecified atom stereocenters. The van der Waals surface area contributed by atoms with Crippen LogP contribution in [0.2, 0.25) is 0 Å². The molecule has 6 nitrogen and oxygen atoms in total. The summed E-state index contributed by atoms with van der Waals surface area (Å²) in [5.41, 5.74) is 1.14. The molecule has 1 aromatic carbocycles. The average molecular weight is 341 g/mol. The summed E-state index contributed by atoms with van der Waals surface area (Å²) in [4.78, 5) is 20.2. The van der Waals surface area contributed by atoms with Crippen LogP contribution in [-0.4, -0.2) is 60.6 Å². The summed E-state index contributed by atoms with van der Waals surface area (Å²) < 4.78 is 11.2. The van der Waals surface area contributed by atoms with E-state index < -0.39 is 0 Å². The predicted molar refractivity (Wildman–Crippen MR) is 94.6 cm³/mol. The number of methoxy groups -OCH3 is 1. The Bertz CT molecular complexity index is 702. The minimum Gasteiger partial charge on any atom is -0.493 e. The molecule has 2 aromatic rings. The summed E-state index contributed by atoms with van der Waals surface area (Å²) in [6.45, 7) is 2.34. The first-order valence-corrected chi connectivity index (χ1v) is 8.30. The minimum atomic E-state index is 0.0192. The molecule has 0 radical (unpaired) electrons. The smallest absolute Gasteiger partial charge is 0.237 e. The molecule has 2 heterocycles. The van der Waals surface area contributed by atoms with Gasteiger partial charge in [-0.1, -0.05) is 12.1 Å². The fourth-order valence-corrected chi connectivity index (χ4v) is 2.80. The molecule has 1 amide bonds. The molecule has 6 heteroatoms. The maximum Gasteiger partial charge on any atom is 0.237 e. The molecule has 1 fully saturated rings. The molecule has 0 saturated carbocycles. The Morgan fingerprint density at radius 1 is 1.20 bits per heavy atom. The molecule has 1 aliphatic heterocycles. The number of hydrogen-bond acceptors (Lipinski definition) is 5. The molecule has 1 saturated heterocycles. The van der Waals surface area contributed by atoms with E-state index in [1.54, 1.807) is 19.5 Å². The molecule has 0 N–H and O–H groups in total. The van der Waals surface area contributed by atoms with Gasteiger partial charge in [-0.25, -0.2) is 0 Å². The number of carbonyl (C=O) groups excluding carboxylic acids is 1. The number of nitrogens with zero attached hydrogens (tertiary/aromatic N) is 3. The number of likely N-dealkylation sites (tertiary alicyclic amines) is 1. The largest absolute Gasteiger partial charge is 0.493 e. The molecule has 3 rings (SSSR count). The topological polar surface area (TPSA) is 54.9 Å². The van der Waals surface area contributed by atoms with E-state index in [1.807, 2.05) is 53.2 Å². The van der Waals surface area contributed by atoms with Crippen LogP contribution in [0.4, 0.5) is 0 Å². The van der Waals surface area contributed by atoms with Crippen molar-refractivity contribution < 1.29 is 14.3 Å². The Balaban J connectivity index is 1.43. The molecule has 1 aromatic heterocycles. The van der Waals surface area contributed by atoms with E-state index in [1.165, 1.54) is 0 Å². The van der Waals surface area contributed by atoms with Gasteiger partial charge in [-0.15, -0.1) is 0 Å². The first kappa shape index (κ1) is 17.2. The fourth-order valence-electron chi connectivity index (χ4n) is 2.80. The third kappa shape index (κ3) is 4.48. The number of rotatable bonds is 7. The maximum atomic E-state index is 12.3. The number of carbonyl (C=O) groups is 1. The van der Waals surface area contributed by atoms with Crippen LogP contribution in [0.25, 0.3) is 0 Å². The standard InChI is InChI=1S/C19H23N3O3/c1-21(11-15-7-9-20-10-8-15)14-19(23)22-12-16(13-22)25-18-6-4-3-5-17(18)24-2/h3-10,16H,11-14H2,1-2H3. The van der Waals surface area contributed by atoms with Crippen molar-refractivity contribution >= 4 is 5.91 Å². The Morgan fingerprint density at radius 3 is 2.56 bits per heavy atom. The number of likely N-dealkylation sites (N-methyl/N-ethyl adjacent to an activating group) is 1. The van der Waals surface area contributed by atoms with Crippen molar-refractivity contribution in [2.24, 2.45) is 0 Å². The molecular weight excluding hydrogens is 318 g/mol. The number of aromatic nitrogens is 1. The van der Waals surface area contributed by atoms with E-state index in [0.29, 0.717) is 25.4 Å². The molecule has 0 bridgehead atoms. The number of pyridine rings is 1. The van der Waals surface area contributed by atoms with Crippen molar-refractivity contribution in [2.75, 3.05) is 33.8 Å². The number of benzene rings is 1. The lowest BCUT2D eigenvalue weighted by atomic mass is 10.1. The van der Waals surface area contributed by atoms with Crippen molar-refractivity contribution in [1.29, 1.82) is 0 Å². The quantitative estimate of drug-likeness (QED) is 0.769.